The fraction of sp³-hybridized carbons (Fsp3) is 0.0417. The number of carbonyl (C=O) groups is 1. The van der Waals surface area contributed by atoms with Crippen LogP contribution in [0.15, 0.2) is 84.4 Å². The summed E-state index contributed by atoms with van der Waals surface area (Å²) in [7, 11) is 0. The fourth-order valence-corrected chi connectivity index (χ4v) is 3.04. The largest absolute Gasteiger partial charge is 0.457 e. The van der Waals surface area contributed by atoms with Crippen molar-refractivity contribution in [2.24, 2.45) is 0 Å². The van der Waals surface area contributed by atoms with Gasteiger partial charge in [0, 0.05) is 17.2 Å². The number of nitro groups is 1. The van der Waals surface area contributed by atoms with Crippen LogP contribution in [0, 0.1) is 17.0 Å². The van der Waals surface area contributed by atoms with Crippen molar-refractivity contribution in [2.75, 3.05) is 0 Å². The highest BCUT2D eigenvalue weighted by Crippen LogP contribution is 2.30. The van der Waals surface area contributed by atoms with Gasteiger partial charge < -0.3 is 9.47 Å². The first-order valence-corrected chi connectivity index (χ1v) is 9.23. The molecule has 148 valence electrons. The Morgan fingerprint density at radius 3 is 2.37 bits per heavy atom. The maximum Gasteiger partial charge on any atom is 0.343 e. The summed E-state index contributed by atoms with van der Waals surface area (Å²) in [5.74, 6) is 1.31. The molecule has 1 aliphatic heterocycles. The third kappa shape index (κ3) is 4.12. The minimum absolute atomic E-state index is 0.00826. The summed E-state index contributed by atoms with van der Waals surface area (Å²) >= 11 is 0. The maximum atomic E-state index is 12.3. The van der Waals surface area contributed by atoms with Crippen molar-refractivity contribution in [2.45, 2.75) is 6.92 Å². The van der Waals surface area contributed by atoms with E-state index in [0.717, 1.165) is 11.3 Å². The Kier molecular flexibility index (Phi) is 5.13. The van der Waals surface area contributed by atoms with E-state index in [2.05, 4.69) is 0 Å². The molecule has 0 unspecified atom stereocenters. The number of ether oxygens (including phenoxy) is 2. The van der Waals surface area contributed by atoms with E-state index >= 15 is 0 Å². The molecule has 6 nitrogen and oxygen atoms in total. The van der Waals surface area contributed by atoms with Crippen molar-refractivity contribution in [1.82, 2.24) is 0 Å². The molecule has 0 saturated heterocycles. The summed E-state index contributed by atoms with van der Waals surface area (Å²) in [6.45, 7) is 1.67. The lowest BCUT2D eigenvalue weighted by Crippen LogP contribution is -1.97. The molecule has 0 amide bonds. The van der Waals surface area contributed by atoms with Gasteiger partial charge in [0.2, 0.25) is 0 Å². The van der Waals surface area contributed by atoms with Crippen LogP contribution in [0.2, 0.25) is 0 Å². The first-order valence-electron chi connectivity index (χ1n) is 9.23. The van der Waals surface area contributed by atoms with Crippen LogP contribution in [0.5, 0.6) is 11.5 Å². The van der Waals surface area contributed by atoms with Crippen molar-refractivity contribution < 1.29 is 19.2 Å². The second kappa shape index (κ2) is 8.05. The number of nitro benzene ring substituents is 1. The highest BCUT2D eigenvalue weighted by atomic mass is 16.6. The van der Waals surface area contributed by atoms with Crippen LogP contribution in [-0.2, 0) is 9.53 Å². The van der Waals surface area contributed by atoms with E-state index < -0.39 is 10.9 Å². The zero-order valence-corrected chi connectivity index (χ0v) is 16.1. The van der Waals surface area contributed by atoms with E-state index in [-0.39, 0.29) is 5.69 Å². The van der Waals surface area contributed by atoms with E-state index in [9.17, 15) is 14.9 Å². The number of cyclic esters (lactones) is 1. The molecular formula is C24H17NO5. The third-order valence-electron chi connectivity index (χ3n) is 4.59. The minimum atomic E-state index is -0.502. The standard InChI is InChI=1S/C24H17NO5/c1-16-7-8-17(14-22(16)25(27)28)13-19-15-23(30-24(19)26)18-9-11-21(12-10-18)29-20-5-3-2-4-6-20/h2-15H,1H3/b19-13+. The fourth-order valence-electron chi connectivity index (χ4n) is 3.04. The molecule has 1 aliphatic rings. The molecule has 0 fully saturated rings. The second-order valence-electron chi connectivity index (χ2n) is 6.74. The Bertz CT molecular complexity index is 1180. The van der Waals surface area contributed by atoms with Crippen LogP contribution in [0.25, 0.3) is 11.8 Å². The average molecular weight is 399 g/mol. The number of hydrogen-bond donors (Lipinski definition) is 0. The summed E-state index contributed by atoms with van der Waals surface area (Å²) in [5.41, 5.74) is 2.18. The van der Waals surface area contributed by atoms with Gasteiger partial charge in [0.05, 0.1) is 10.5 Å². The molecule has 0 atom stereocenters. The van der Waals surface area contributed by atoms with Crippen molar-refractivity contribution in [3.8, 4) is 11.5 Å². The van der Waals surface area contributed by atoms with Gasteiger partial charge in [-0.25, -0.2) is 4.79 Å². The van der Waals surface area contributed by atoms with E-state index in [1.165, 1.54) is 6.07 Å². The van der Waals surface area contributed by atoms with Gasteiger partial charge in [-0.3, -0.25) is 10.1 Å². The number of aryl methyl sites for hydroxylation is 1. The zero-order chi connectivity index (χ0) is 21.1. The average Bonchev–Trinajstić information content (AvgIpc) is 3.11. The first kappa shape index (κ1) is 19.1. The second-order valence-corrected chi connectivity index (χ2v) is 6.74. The van der Waals surface area contributed by atoms with E-state index in [0.29, 0.717) is 28.2 Å². The number of para-hydroxylation sites is 1. The lowest BCUT2D eigenvalue weighted by atomic mass is 10.1. The number of nitrogens with zero attached hydrogens (tertiary/aromatic N) is 1. The predicted octanol–water partition coefficient (Wildman–Crippen LogP) is 5.68. The normalized spacial score (nSPS) is 14.4. The topological polar surface area (TPSA) is 78.7 Å². The molecule has 6 heteroatoms. The van der Waals surface area contributed by atoms with E-state index in [1.54, 1.807) is 55.5 Å². The lowest BCUT2D eigenvalue weighted by molar-refractivity contribution is -0.385. The Morgan fingerprint density at radius 2 is 1.67 bits per heavy atom. The van der Waals surface area contributed by atoms with Gasteiger partial charge in [0.25, 0.3) is 5.69 Å². The highest BCUT2D eigenvalue weighted by Gasteiger charge is 2.22. The SMILES string of the molecule is Cc1ccc(/C=C2\C=C(c3ccc(Oc4ccccc4)cc3)OC2=O)cc1[N+](=O)[O-]. The molecule has 30 heavy (non-hydrogen) atoms. The van der Waals surface area contributed by atoms with Crippen LogP contribution < -0.4 is 4.74 Å². The predicted molar refractivity (Wildman–Crippen MR) is 113 cm³/mol. The van der Waals surface area contributed by atoms with Gasteiger partial charge in [-0.2, -0.15) is 0 Å². The molecule has 0 spiro atoms. The molecular weight excluding hydrogens is 382 g/mol. The van der Waals surface area contributed by atoms with Gasteiger partial charge in [-0.1, -0.05) is 30.3 Å². The van der Waals surface area contributed by atoms with Crippen LogP contribution >= 0.6 is 0 Å². The number of hydrogen-bond acceptors (Lipinski definition) is 5. The quantitative estimate of drug-likeness (QED) is 0.239. The summed E-state index contributed by atoms with van der Waals surface area (Å²) < 4.78 is 11.1. The van der Waals surface area contributed by atoms with Crippen LogP contribution in [-0.4, -0.2) is 10.9 Å². The molecule has 0 saturated carbocycles. The summed E-state index contributed by atoms with van der Waals surface area (Å²) in [6, 6.07) is 21.4. The maximum absolute atomic E-state index is 12.3. The van der Waals surface area contributed by atoms with Crippen molar-refractivity contribution in [3.05, 3.63) is 111 Å². The molecule has 1 heterocycles. The number of carbonyl (C=O) groups excluding carboxylic acids is 1. The van der Waals surface area contributed by atoms with Crippen molar-refractivity contribution in [3.63, 3.8) is 0 Å². The van der Waals surface area contributed by atoms with Crippen molar-refractivity contribution >= 4 is 23.5 Å². The van der Waals surface area contributed by atoms with Gasteiger partial charge in [-0.15, -0.1) is 0 Å². The summed E-state index contributed by atoms with van der Waals surface area (Å²) in [6.07, 6.45) is 3.20. The number of esters is 1. The summed E-state index contributed by atoms with van der Waals surface area (Å²) in [5, 5.41) is 11.1. The third-order valence-corrected chi connectivity index (χ3v) is 4.59. The highest BCUT2D eigenvalue weighted by molar-refractivity contribution is 6.05. The smallest absolute Gasteiger partial charge is 0.343 e. The van der Waals surface area contributed by atoms with E-state index in [4.69, 9.17) is 9.47 Å². The van der Waals surface area contributed by atoms with E-state index in [1.807, 2.05) is 30.3 Å². The lowest BCUT2D eigenvalue weighted by Gasteiger charge is -2.06. The Labute approximate surface area is 172 Å². The van der Waals surface area contributed by atoms with Gasteiger partial charge in [0.1, 0.15) is 17.3 Å². The van der Waals surface area contributed by atoms with Crippen LogP contribution in [0.4, 0.5) is 5.69 Å². The Hall–Kier alpha value is -4.19. The molecule has 0 aliphatic carbocycles. The van der Waals surface area contributed by atoms with Gasteiger partial charge >= 0.3 is 5.97 Å². The van der Waals surface area contributed by atoms with Crippen molar-refractivity contribution in [1.29, 1.82) is 0 Å². The van der Waals surface area contributed by atoms with Crippen LogP contribution in [0.1, 0.15) is 16.7 Å². The first-order chi connectivity index (χ1) is 14.5. The Morgan fingerprint density at radius 1 is 0.967 bits per heavy atom. The van der Waals surface area contributed by atoms with Gasteiger partial charge in [0.15, 0.2) is 0 Å². The Balaban J connectivity index is 1.55. The minimum Gasteiger partial charge on any atom is -0.457 e. The molecule has 0 bridgehead atoms. The number of rotatable bonds is 5. The molecule has 3 aromatic rings. The monoisotopic (exact) mass is 399 g/mol. The summed E-state index contributed by atoms with van der Waals surface area (Å²) in [4.78, 5) is 22.9. The van der Waals surface area contributed by atoms with Crippen LogP contribution in [0.3, 0.4) is 0 Å². The molecule has 3 aromatic carbocycles. The van der Waals surface area contributed by atoms with Gasteiger partial charge in [-0.05, 0) is 61.0 Å². The molecule has 0 radical (unpaired) electrons. The molecule has 4 rings (SSSR count). The molecule has 0 N–H and O–H groups in total. The number of benzene rings is 3. The zero-order valence-electron chi connectivity index (χ0n) is 16.1. The molecule has 0 aromatic heterocycles.